The zero-order valence-corrected chi connectivity index (χ0v) is 10.1. The van der Waals surface area contributed by atoms with Gasteiger partial charge in [0.1, 0.15) is 0 Å². The number of halogens is 1. The molecule has 0 bridgehead atoms. The van der Waals surface area contributed by atoms with Gasteiger partial charge in [-0.3, -0.25) is 4.90 Å². The minimum atomic E-state index is 0.602. The van der Waals surface area contributed by atoms with Crippen molar-refractivity contribution in [2.45, 2.75) is 32.2 Å². The molecule has 2 nitrogen and oxygen atoms in total. The molecule has 0 radical (unpaired) electrons. The van der Waals surface area contributed by atoms with Crippen molar-refractivity contribution >= 4 is 15.9 Å². The number of morpholine rings is 1. The highest BCUT2D eigenvalue weighted by molar-refractivity contribution is 9.09. The molecule has 0 amide bonds. The summed E-state index contributed by atoms with van der Waals surface area (Å²) in [7, 11) is 0. The molecular weight excluding hydrogens is 230 g/mol. The van der Waals surface area contributed by atoms with E-state index in [1.807, 2.05) is 0 Å². The summed E-state index contributed by atoms with van der Waals surface area (Å²) in [6, 6.07) is 0.602. The lowest BCUT2D eigenvalue weighted by Gasteiger charge is -2.34. The maximum absolute atomic E-state index is 5.44. The highest BCUT2D eigenvalue weighted by atomic mass is 79.9. The van der Waals surface area contributed by atoms with E-state index in [-0.39, 0.29) is 0 Å². The van der Waals surface area contributed by atoms with Crippen LogP contribution in [0.15, 0.2) is 0 Å². The Hall–Kier alpha value is 0.400. The lowest BCUT2D eigenvalue weighted by Crippen LogP contribution is -2.46. The van der Waals surface area contributed by atoms with Gasteiger partial charge in [0.15, 0.2) is 0 Å². The Morgan fingerprint density at radius 3 is 3.00 bits per heavy atom. The summed E-state index contributed by atoms with van der Waals surface area (Å²) in [5, 5.41) is 1.04. The van der Waals surface area contributed by atoms with Crippen LogP contribution >= 0.6 is 15.9 Å². The number of nitrogens with zero attached hydrogens (tertiary/aromatic N) is 1. The van der Waals surface area contributed by atoms with Crippen molar-refractivity contribution in [1.29, 1.82) is 0 Å². The van der Waals surface area contributed by atoms with Crippen LogP contribution in [0.5, 0.6) is 0 Å². The first-order valence-corrected chi connectivity index (χ1v) is 6.38. The molecule has 13 heavy (non-hydrogen) atoms. The molecule has 1 heterocycles. The third kappa shape index (κ3) is 3.96. The van der Waals surface area contributed by atoms with E-state index in [4.69, 9.17) is 4.74 Å². The Balaban J connectivity index is 2.19. The molecule has 1 rings (SSSR count). The fraction of sp³-hybridized carbons (Fsp3) is 1.00. The summed E-state index contributed by atoms with van der Waals surface area (Å²) < 4.78 is 5.44. The van der Waals surface area contributed by atoms with Crippen LogP contribution in [0.2, 0.25) is 0 Å². The van der Waals surface area contributed by atoms with Crippen LogP contribution in [0.4, 0.5) is 0 Å². The van der Waals surface area contributed by atoms with Gasteiger partial charge < -0.3 is 4.74 Å². The molecule has 1 aliphatic rings. The quantitative estimate of drug-likeness (QED) is 0.548. The summed E-state index contributed by atoms with van der Waals surface area (Å²) in [6.07, 6.45) is 4.00. The number of ether oxygens (including phenoxy) is 1. The number of hydrogen-bond donors (Lipinski definition) is 0. The predicted molar refractivity (Wildman–Crippen MR) is 59.5 cm³/mol. The van der Waals surface area contributed by atoms with E-state index in [1.54, 1.807) is 0 Å². The van der Waals surface area contributed by atoms with Gasteiger partial charge in [-0.1, -0.05) is 35.7 Å². The van der Waals surface area contributed by atoms with Gasteiger partial charge >= 0.3 is 0 Å². The third-order valence-electron chi connectivity index (χ3n) is 2.58. The molecule has 0 aromatic heterocycles. The predicted octanol–water partition coefficient (Wildman–Crippen LogP) is 2.27. The maximum atomic E-state index is 5.44. The smallest absolute Gasteiger partial charge is 0.0630 e. The molecule has 1 aliphatic heterocycles. The van der Waals surface area contributed by atoms with Crippen molar-refractivity contribution < 1.29 is 4.74 Å². The van der Waals surface area contributed by atoms with E-state index in [1.165, 1.54) is 25.8 Å². The van der Waals surface area contributed by atoms with Crippen molar-refractivity contribution in [2.24, 2.45) is 0 Å². The zero-order chi connectivity index (χ0) is 9.52. The van der Waals surface area contributed by atoms with Crippen molar-refractivity contribution in [1.82, 2.24) is 4.90 Å². The molecule has 1 saturated heterocycles. The van der Waals surface area contributed by atoms with Gasteiger partial charge in [-0.2, -0.15) is 0 Å². The highest BCUT2D eigenvalue weighted by Crippen LogP contribution is 2.10. The number of alkyl halides is 1. The van der Waals surface area contributed by atoms with Gasteiger partial charge in [-0.25, -0.2) is 0 Å². The minimum Gasteiger partial charge on any atom is -0.378 e. The fourth-order valence-electron chi connectivity index (χ4n) is 1.69. The van der Waals surface area contributed by atoms with Gasteiger partial charge in [0.25, 0.3) is 0 Å². The SMILES string of the molecule is CCCCCN1CCOCC1CBr. The van der Waals surface area contributed by atoms with E-state index >= 15 is 0 Å². The first kappa shape index (κ1) is 11.5. The van der Waals surface area contributed by atoms with Crippen LogP contribution in [-0.2, 0) is 4.74 Å². The van der Waals surface area contributed by atoms with Gasteiger partial charge in [0.05, 0.1) is 13.2 Å². The van der Waals surface area contributed by atoms with E-state index in [9.17, 15) is 0 Å². The average Bonchev–Trinajstić information content (AvgIpc) is 2.19. The number of hydrogen-bond acceptors (Lipinski definition) is 2. The van der Waals surface area contributed by atoms with E-state index < -0.39 is 0 Å². The van der Waals surface area contributed by atoms with E-state index in [0.717, 1.165) is 25.1 Å². The Morgan fingerprint density at radius 2 is 2.31 bits per heavy atom. The Morgan fingerprint density at radius 1 is 1.46 bits per heavy atom. The van der Waals surface area contributed by atoms with Gasteiger partial charge in [0, 0.05) is 17.9 Å². The second kappa shape index (κ2) is 6.80. The lowest BCUT2D eigenvalue weighted by molar-refractivity contribution is 0.00135. The van der Waals surface area contributed by atoms with E-state index in [2.05, 4.69) is 27.8 Å². The van der Waals surface area contributed by atoms with Gasteiger partial charge in [-0.15, -0.1) is 0 Å². The second-order valence-electron chi connectivity index (χ2n) is 3.63. The molecule has 0 aromatic rings. The van der Waals surface area contributed by atoms with Crippen molar-refractivity contribution in [3.63, 3.8) is 0 Å². The van der Waals surface area contributed by atoms with Crippen molar-refractivity contribution in [2.75, 3.05) is 31.6 Å². The van der Waals surface area contributed by atoms with Crippen molar-refractivity contribution in [3.05, 3.63) is 0 Å². The van der Waals surface area contributed by atoms with E-state index in [0.29, 0.717) is 6.04 Å². The van der Waals surface area contributed by atoms with Gasteiger partial charge in [0.2, 0.25) is 0 Å². The zero-order valence-electron chi connectivity index (χ0n) is 8.47. The van der Waals surface area contributed by atoms with Crippen LogP contribution in [0.25, 0.3) is 0 Å². The fourth-order valence-corrected chi connectivity index (χ4v) is 2.29. The summed E-state index contributed by atoms with van der Waals surface area (Å²) in [6.45, 7) is 6.42. The number of unbranched alkanes of at least 4 members (excludes halogenated alkanes) is 2. The molecule has 3 heteroatoms. The number of rotatable bonds is 5. The largest absolute Gasteiger partial charge is 0.378 e. The molecule has 0 spiro atoms. The Labute approximate surface area is 89.8 Å². The van der Waals surface area contributed by atoms with Gasteiger partial charge in [-0.05, 0) is 13.0 Å². The molecular formula is C10H20BrNO. The minimum absolute atomic E-state index is 0.602. The molecule has 0 aliphatic carbocycles. The molecule has 1 unspecified atom stereocenters. The topological polar surface area (TPSA) is 12.5 Å². The molecule has 1 fully saturated rings. The Kier molecular flexibility index (Phi) is 6.00. The molecule has 0 aromatic carbocycles. The summed E-state index contributed by atoms with van der Waals surface area (Å²) in [5.74, 6) is 0. The van der Waals surface area contributed by atoms with Crippen LogP contribution in [0, 0.1) is 0 Å². The summed E-state index contributed by atoms with van der Waals surface area (Å²) in [4.78, 5) is 2.55. The van der Waals surface area contributed by atoms with Crippen LogP contribution in [0.3, 0.4) is 0 Å². The first-order valence-electron chi connectivity index (χ1n) is 5.26. The molecule has 1 atom stereocenters. The first-order chi connectivity index (χ1) is 6.38. The van der Waals surface area contributed by atoms with Crippen molar-refractivity contribution in [3.8, 4) is 0 Å². The monoisotopic (exact) mass is 249 g/mol. The van der Waals surface area contributed by atoms with Crippen LogP contribution in [-0.4, -0.2) is 42.6 Å². The summed E-state index contributed by atoms with van der Waals surface area (Å²) in [5.41, 5.74) is 0. The Bertz CT molecular complexity index is 132. The summed E-state index contributed by atoms with van der Waals surface area (Å²) >= 11 is 3.54. The molecule has 0 N–H and O–H groups in total. The highest BCUT2D eigenvalue weighted by Gasteiger charge is 2.20. The third-order valence-corrected chi connectivity index (χ3v) is 3.32. The maximum Gasteiger partial charge on any atom is 0.0630 e. The molecule has 0 saturated carbocycles. The normalized spacial score (nSPS) is 24.9. The van der Waals surface area contributed by atoms with Crippen LogP contribution in [0.1, 0.15) is 26.2 Å². The second-order valence-corrected chi connectivity index (χ2v) is 4.27. The standard InChI is InChI=1S/C10H20BrNO/c1-2-3-4-5-12-6-7-13-9-10(12)8-11/h10H,2-9H2,1H3. The molecule has 78 valence electrons. The average molecular weight is 250 g/mol. The van der Waals surface area contributed by atoms with Crippen LogP contribution < -0.4 is 0 Å². The lowest BCUT2D eigenvalue weighted by atomic mass is 10.2.